The number of phenolic OH excluding ortho intramolecular Hbond substituents is 1. The van der Waals surface area contributed by atoms with Gasteiger partial charge in [0.1, 0.15) is 0 Å². The van der Waals surface area contributed by atoms with Crippen LogP contribution in [0.25, 0.3) is 11.4 Å². The SMILES string of the molecule is COc1ccc(-c2noc(CCN)n2)cc1O. The lowest BCUT2D eigenvalue weighted by Crippen LogP contribution is -2.02. The first-order valence-corrected chi connectivity index (χ1v) is 5.14. The van der Waals surface area contributed by atoms with Gasteiger partial charge in [-0.1, -0.05) is 5.16 Å². The number of nitrogens with zero attached hydrogens (tertiary/aromatic N) is 2. The summed E-state index contributed by atoms with van der Waals surface area (Å²) in [5.74, 6) is 1.35. The Morgan fingerprint density at radius 2 is 2.29 bits per heavy atom. The zero-order valence-electron chi connectivity index (χ0n) is 9.38. The van der Waals surface area contributed by atoms with E-state index in [4.69, 9.17) is 15.0 Å². The van der Waals surface area contributed by atoms with Crippen LogP contribution in [0.1, 0.15) is 5.89 Å². The fraction of sp³-hybridized carbons (Fsp3) is 0.273. The molecule has 0 saturated carbocycles. The van der Waals surface area contributed by atoms with E-state index in [9.17, 15) is 5.11 Å². The molecule has 0 unspecified atom stereocenters. The molecule has 1 heterocycles. The first-order valence-electron chi connectivity index (χ1n) is 5.14. The Balaban J connectivity index is 2.29. The number of aromatic nitrogens is 2. The summed E-state index contributed by atoms with van der Waals surface area (Å²) < 4.78 is 9.95. The molecule has 0 atom stereocenters. The highest BCUT2D eigenvalue weighted by atomic mass is 16.5. The summed E-state index contributed by atoms with van der Waals surface area (Å²) in [6.07, 6.45) is 0.537. The number of aromatic hydroxyl groups is 1. The highest BCUT2D eigenvalue weighted by Gasteiger charge is 2.10. The van der Waals surface area contributed by atoms with Crippen molar-refractivity contribution in [3.8, 4) is 22.9 Å². The second kappa shape index (κ2) is 4.84. The molecule has 6 nitrogen and oxygen atoms in total. The average molecular weight is 235 g/mol. The molecule has 0 amide bonds. The van der Waals surface area contributed by atoms with Gasteiger partial charge in [0.25, 0.3) is 0 Å². The molecule has 0 aliphatic heterocycles. The maximum atomic E-state index is 9.63. The maximum Gasteiger partial charge on any atom is 0.228 e. The van der Waals surface area contributed by atoms with E-state index in [-0.39, 0.29) is 5.75 Å². The lowest BCUT2D eigenvalue weighted by atomic mass is 10.2. The third-order valence-corrected chi connectivity index (χ3v) is 2.26. The van der Waals surface area contributed by atoms with E-state index in [2.05, 4.69) is 10.1 Å². The van der Waals surface area contributed by atoms with Crippen LogP contribution >= 0.6 is 0 Å². The van der Waals surface area contributed by atoms with Gasteiger partial charge in [-0.25, -0.2) is 0 Å². The van der Waals surface area contributed by atoms with Crippen molar-refractivity contribution in [1.29, 1.82) is 0 Å². The van der Waals surface area contributed by atoms with Gasteiger partial charge in [-0.15, -0.1) is 0 Å². The molecule has 1 aromatic carbocycles. The number of phenols is 1. The number of hydrogen-bond donors (Lipinski definition) is 2. The number of ether oxygens (including phenoxy) is 1. The van der Waals surface area contributed by atoms with Crippen LogP contribution in [0.3, 0.4) is 0 Å². The maximum absolute atomic E-state index is 9.63. The van der Waals surface area contributed by atoms with E-state index in [0.29, 0.717) is 36.0 Å². The summed E-state index contributed by atoms with van der Waals surface area (Å²) in [6, 6.07) is 4.91. The van der Waals surface area contributed by atoms with Crippen molar-refractivity contribution in [2.75, 3.05) is 13.7 Å². The van der Waals surface area contributed by atoms with Crippen LogP contribution in [0.4, 0.5) is 0 Å². The Morgan fingerprint density at radius 3 is 2.94 bits per heavy atom. The topological polar surface area (TPSA) is 94.4 Å². The van der Waals surface area contributed by atoms with Crippen LogP contribution in [-0.2, 0) is 6.42 Å². The third-order valence-electron chi connectivity index (χ3n) is 2.26. The van der Waals surface area contributed by atoms with Gasteiger partial charge in [-0.05, 0) is 18.2 Å². The molecule has 3 N–H and O–H groups in total. The lowest BCUT2D eigenvalue weighted by Gasteiger charge is -2.03. The molecule has 17 heavy (non-hydrogen) atoms. The monoisotopic (exact) mass is 235 g/mol. The number of hydrogen-bond acceptors (Lipinski definition) is 6. The Kier molecular flexibility index (Phi) is 3.24. The Bertz CT molecular complexity index is 510. The van der Waals surface area contributed by atoms with Gasteiger partial charge >= 0.3 is 0 Å². The number of benzene rings is 1. The molecule has 0 saturated heterocycles. The van der Waals surface area contributed by atoms with Crippen LogP contribution in [0.15, 0.2) is 22.7 Å². The van der Waals surface area contributed by atoms with Crippen LogP contribution in [0, 0.1) is 0 Å². The summed E-state index contributed by atoms with van der Waals surface area (Å²) in [7, 11) is 1.49. The highest BCUT2D eigenvalue weighted by Crippen LogP contribution is 2.29. The first kappa shape index (κ1) is 11.4. The molecule has 1 aromatic heterocycles. The van der Waals surface area contributed by atoms with Crippen LogP contribution in [0.5, 0.6) is 11.5 Å². The Labute approximate surface area is 98.0 Å². The first-order chi connectivity index (χ1) is 8.24. The second-order valence-corrected chi connectivity index (χ2v) is 3.44. The summed E-state index contributed by atoms with van der Waals surface area (Å²) in [5, 5.41) is 13.4. The minimum Gasteiger partial charge on any atom is -0.504 e. The number of methoxy groups -OCH3 is 1. The van der Waals surface area contributed by atoms with E-state index < -0.39 is 0 Å². The van der Waals surface area contributed by atoms with E-state index in [0.717, 1.165) is 0 Å². The van der Waals surface area contributed by atoms with Crippen LogP contribution < -0.4 is 10.5 Å². The van der Waals surface area contributed by atoms with Crippen molar-refractivity contribution in [3.63, 3.8) is 0 Å². The number of rotatable bonds is 4. The van der Waals surface area contributed by atoms with Gasteiger partial charge in [0.15, 0.2) is 11.5 Å². The molecule has 2 rings (SSSR count). The summed E-state index contributed by atoms with van der Waals surface area (Å²) in [4.78, 5) is 4.16. The molecule has 0 aliphatic carbocycles. The zero-order chi connectivity index (χ0) is 12.3. The molecule has 90 valence electrons. The van der Waals surface area contributed by atoms with Crippen molar-refractivity contribution in [2.45, 2.75) is 6.42 Å². The van der Waals surface area contributed by atoms with E-state index in [1.54, 1.807) is 12.1 Å². The van der Waals surface area contributed by atoms with E-state index in [1.165, 1.54) is 13.2 Å². The minimum absolute atomic E-state index is 0.0372. The van der Waals surface area contributed by atoms with Gasteiger partial charge in [0.05, 0.1) is 7.11 Å². The summed E-state index contributed by atoms with van der Waals surface area (Å²) in [5.41, 5.74) is 6.05. The van der Waals surface area contributed by atoms with Gasteiger partial charge < -0.3 is 20.1 Å². The molecular formula is C11H13N3O3. The summed E-state index contributed by atoms with van der Waals surface area (Å²) >= 11 is 0. The third kappa shape index (κ3) is 2.36. The van der Waals surface area contributed by atoms with Gasteiger partial charge in [-0.2, -0.15) is 4.98 Å². The zero-order valence-corrected chi connectivity index (χ0v) is 9.38. The van der Waals surface area contributed by atoms with Crippen molar-refractivity contribution in [2.24, 2.45) is 5.73 Å². The van der Waals surface area contributed by atoms with Crippen molar-refractivity contribution >= 4 is 0 Å². The molecule has 0 bridgehead atoms. The summed E-state index contributed by atoms with van der Waals surface area (Å²) in [6.45, 7) is 0.454. The lowest BCUT2D eigenvalue weighted by molar-refractivity contribution is 0.373. The Morgan fingerprint density at radius 1 is 1.47 bits per heavy atom. The van der Waals surface area contributed by atoms with Gasteiger partial charge in [-0.3, -0.25) is 0 Å². The minimum atomic E-state index is 0.0372. The van der Waals surface area contributed by atoms with E-state index in [1.807, 2.05) is 0 Å². The number of nitrogens with two attached hydrogens (primary N) is 1. The van der Waals surface area contributed by atoms with Crippen molar-refractivity contribution in [1.82, 2.24) is 10.1 Å². The molecule has 0 radical (unpaired) electrons. The van der Waals surface area contributed by atoms with Gasteiger partial charge in [0.2, 0.25) is 11.7 Å². The smallest absolute Gasteiger partial charge is 0.228 e. The Hall–Kier alpha value is -2.08. The second-order valence-electron chi connectivity index (χ2n) is 3.44. The van der Waals surface area contributed by atoms with Crippen LogP contribution in [-0.4, -0.2) is 28.9 Å². The highest BCUT2D eigenvalue weighted by molar-refractivity contribution is 5.60. The quantitative estimate of drug-likeness (QED) is 0.819. The standard InChI is InChI=1S/C11H13N3O3/c1-16-9-3-2-7(6-8(9)15)11-13-10(4-5-12)17-14-11/h2-3,6,15H,4-5,12H2,1H3. The van der Waals surface area contributed by atoms with Crippen molar-refractivity contribution < 1.29 is 14.4 Å². The predicted molar refractivity (Wildman–Crippen MR) is 60.7 cm³/mol. The van der Waals surface area contributed by atoms with Crippen LogP contribution in [0.2, 0.25) is 0 Å². The molecule has 2 aromatic rings. The normalized spacial score (nSPS) is 10.5. The molecule has 0 fully saturated rings. The van der Waals surface area contributed by atoms with Gasteiger partial charge in [0, 0.05) is 18.5 Å². The van der Waals surface area contributed by atoms with Crippen molar-refractivity contribution in [3.05, 3.63) is 24.1 Å². The largest absolute Gasteiger partial charge is 0.504 e. The predicted octanol–water partition coefficient (Wildman–Crippen LogP) is 0.952. The van der Waals surface area contributed by atoms with E-state index >= 15 is 0 Å². The molecule has 6 heteroatoms. The fourth-order valence-corrected chi connectivity index (χ4v) is 1.43. The molecular weight excluding hydrogens is 222 g/mol. The molecule has 0 aliphatic rings. The molecule has 0 spiro atoms. The average Bonchev–Trinajstić information content (AvgIpc) is 2.78. The fourth-order valence-electron chi connectivity index (χ4n) is 1.43.